The highest BCUT2D eigenvalue weighted by Gasteiger charge is 2.24. The topological polar surface area (TPSA) is 65.5 Å². The van der Waals surface area contributed by atoms with Crippen LogP contribution in [0.15, 0.2) is 49.1 Å². The molecule has 3 rings (SSSR count). The fourth-order valence-electron chi connectivity index (χ4n) is 3.33. The van der Waals surface area contributed by atoms with Crippen molar-refractivity contribution in [2.24, 2.45) is 0 Å². The molecule has 1 aromatic heterocycles. The minimum absolute atomic E-state index is 0.140. The number of hydrogen-bond acceptors (Lipinski definition) is 4. The summed E-state index contributed by atoms with van der Waals surface area (Å²) in [4.78, 5) is 33.3. The summed E-state index contributed by atoms with van der Waals surface area (Å²) >= 11 is 0. The first kappa shape index (κ1) is 19.6. The van der Waals surface area contributed by atoms with Gasteiger partial charge in [-0.15, -0.1) is 6.58 Å². The third-order valence-corrected chi connectivity index (χ3v) is 5.09. The smallest absolute Gasteiger partial charge is 0.272 e. The van der Waals surface area contributed by atoms with Gasteiger partial charge in [-0.3, -0.25) is 9.59 Å². The van der Waals surface area contributed by atoms with Crippen molar-refractivity contribution in [1.82, 2.24) is 15.2 Å². The van der Waals surface area contributed by atoms with Crippen LogP contribution in [0.4, 0.5) is 5.69 Å². The van der Waals surface area contributed by atoms with E-state index in [1.54, 1.807) is 29.2 Å². The first-order chi connectivity index (χ1) is 13.5. The Morgan fingerprint density at radius 1 is 1.07 bits per heavy atom. The molecular formula is C22H26N4O2. The molecule has 146 valence electrons. The fraction of sp³-hybridized carbons (Fsp3) is 0.318. The number of amides is 2. The number of hydrogen-bond donors (Lipinski definition) is 1. The van der Waals surface area contributed by atoms with Crippen LogP contribution in [0.1, 0.15) is 32.1 Å². The maximum atomic E-state index is 12.8. The fourth-order valence-corrected chi connectivity index (χ4v) is 3.33. The summed E-state index contributed by atoms with van der Waals surface area (Å²) < 4.78 is 0. The van der Waals surface area contributed by atoms with Gasteiger partial charge in [-0.2, -0.15) is 0 Å². The van der Waals surface area contributed by atoms with Gasteiger partial charge in [0.25, 0.3) is 11.8 Å². The zero-order valence-corrected chi connectivity index (χ0v) is 16.4. The van der Waals surface area contributed by atoms with Crippen molar-refractivity contribution >= 4 is 17.5 Å². The monoisotopic (exact) mass is 378 g/mol. The normalized spacial score (nSPS) is 13.9. The van der Waals surface area contributed by atoms with Gasteiger partial charge in [0.15, 0.2) is 0 Å². The molecule has 0 bridgehead atoms. The van der Waals surface area contributed by atoms with Crippen LogP contribution in [0.3, 0.4) is 0 Å². The Morgan fingerprint density at radius 2 is 1.75 bits per heavy atom. The third kappa shape index (κ3) is 4.22. The van der Waals surface area contributed by atoms with Gasteiger partial charge < -0.3 is 15.1 Å². The number of anilines is 1. The van der Waals surface area contributed by atoms with Gasteiger partial charge in [0.2, 0.25) is 0 Å². The van der Waals surface area contributed by atoms with Crippen molar-refractivity contribution in [2.75, 3.05) is 37.6 Å². The molecule has 2 amide bonds. The number of carbonyl (C=O) groups is 2. The van der Waals surface area contributed by atoms with E-state index in [0.717, 1.165) is 13.1 Å². The lowest BCUT2D eigenvalue weighted by atomic mass is 10.1. The standard InChI is InChI=1S/C22H26N4O2/c1-4-11-23-21(27)18-8-6-9-19(24-18)22(28)26-14-12-25(13-15-26)20-10-5-7-16(2)17(20)3/h4-10H,1,11-15H2,2-3H3,(H,23,27). The van der Waals surface area contributed by atoms with Crippen molar-refractivity contribution < 1.29 is 9.59 Å². The van der Waals surface area contributed by atoms with Gasteiger partial charge in [0.1, 0.15) is 11.4 Å². The summed E-state index contributed by atoms with van der Waals surface area (Å²) in [6.07, 6.45) is 1.60. The minimum atomic E-state index is -0.311. The number of nitrogens with one attached hydrogen (secondary N) is 1. The molecule has 0 saturated carbocycles. The number of aryl methyl sites for hydroxylation is 1. The molecule has 2 heterocycles. The summed E-state index contributed by atoms with van der Waals surface area (Å²) in [6.45, 7) is 11.0. The van der Waals surface area contributed by atoms with Crippen molar-refractivity contribution in [1.29, 1.82) is 0 Å². The molecule has 1 aromatic carbocycles. The van der Waals surface area contributed by atoms with Gasteiger partial charge >= 0.3 is 0 Å². The maximum absolute atomic E-state index is 12.8. The van der Waals surface area contributed by atoms with E-state index in [9.17, 15) is 9.59 Å². The van der Waals surface area contributed by atoms with Crippen LogP contribution < -0.4 is 10.2 Å². The number of nitrogens with zero attached hydrogens (tertiary/aromatic N) is 3. The first-order valence-electron chi connectivity index (χ1n) is 9.48. The second kappa shape index (κ2) is 8.69. The van der Waals surface area contributed by atoms with Gasteiger partial charge in [-0.05, 0) is 43.2 Å². The number of rotatable bonds is 5. The predicted molar refractivity (Wildman–Crippen MR) is 111 cm³/mol. The maximum Gasteiger partial charge on any atom is 0.272 e. The van der Waals surface area contributed by atoms with Gasteiger partial charge in [-0.1, -0.05) is 24.3 Å². The Bertz CT molecular complexity index is 886. The molecule has 1 N–H and O–H groups in total. The Kier molecular flexibility index (Phi) is 6.09. The summed E-state index contributed by atoms with van der Waals surface area (Å²) in [7, 11) is 0. The van der Waals surface area contributed by atoms with E-state index in [2.05, 4.69) is 53.8 Å². The Morgan fingerprint density at radius 3 is 2.46 bits per heavy atom. The minimum Gasteiger partial charge on any atom is -0.368 e. The molecule has 0 unspecified atom stereocenters. The highest BCUT2D eigenvalue weighted by atomic mass is 16.2. The third-order valence-electron chi connectivity index (χ3n) is 5.09. The highest BCUT2D eigenvalue weighted by molar-refractivity contribution is 5.96. The lowest BCUT2D eigenvalue weighted by Gasteiger charge is -2.37. The Hall–Kier alpha value is -3.15. The molecule has 0 spiro atoms. The van der Waals surface area contributed by atoms with E-state index >= 15 is 0 Å². The van der Waals surface area contributed by atoms with Crippen LogP contribution in [0.2, 0.25) is 0 Å². The molecule has 0 radical (unpaired) electrons. The van der Waals surface area contributed by atoms with Gasteiger partial charge in [-0.25, -0.2) is 4.98 Å². The molecule has 28 heavy (non-hydrogen) atoms. The molecular weight excluding hydrogens is 352 g/mol. The van der Waals surface area contributed by atoms with Crippen molar-refractivity contribution in [2.45, 2.75) is 13.8 Å². The summed E-state index contributed by atoms with van der Waals surface area (Å²) in [5, 5.41) is 2.68. The van der Waals surface area contributed by atoms with Gasteiger partial charge in [0.05, 0.1) is 0 Å². The number of piperazine rings is 1. The average molecular weight is 378 g/mol. The molecule has 1 aliphatic heterocycles. The number of carbonyl (C=O) groups excluding carboxylic acids is 2. The molecule has 1 saturated heterocycles. The van der Waals surface area contributed by atoms with Crippen LogP contribution in [-0.4, -0.2) is 54.4 Å². The summed E-state index contributed by atoms with van der Waals surface area (Å²) in [5.74, 6) is -0.451. The lowest BCUT2D eigenvalue weighted by Crippen LogP contribution is -2.49. The molecule has 2 aromatic rings. The molecule has 0 atom stereocenters. The number of pyridine rings is 1. The van der Waals surface area contributed by atoms with E-state index in [0.29, 0.717) is 25.3 Å². The van der Waals surface area contributed by atoms with Crippen molar-refractivity contribution in [3.8, 4) is 0 Å². The van der Waals surface area contributed by atoms with E-state index in [1.165, 1.54) is 16.8 Å². The van der Waals surface area contributed by atoms with Crippen molar-refractivity contribution in [3.05, 3.63) is 71.6 Å². The molecule has 1 aliphatic rings. The number of benzene rings is 1. The van der Waals surface area contributed by atoms with E-state index in [1.807, 2.05) is 0 Å². The first-order valence-corrected chi connectivity index (χ1v) is 9.48. The largest absolute Gasteiger partial charge is 0.368 e. The Labute approximate surface area is 165 Å². The number of aromatic nitrogens is 1. The van der Waals surface area contributed by atoms with Gasteiger partial charge in [0, 0.05) is 38.4 Å². The van der Waals surface area contributed by atoms with E-state index in [4.69, 9.17) is 0 Å². The quantitative estimate of drug-likeness (QED) is 0.812. The molecule has 6 nitrogen and oxygen atoms in total. The average Bonchev–Trinajstić information content (AvgIpc) is 2.73. The molecule has 6 heteroatoms. The molecule has 1 fully saturated rings. The van der Waals surface area contributed by atoms with E-state index < -0.39 is 0 Å². The zero-order valence-electron chi connectivity index (χ0n) is 16.4. The molecule has 0 aliphatic carbocycles. The summed E-state index contributed by atoms with van der Waals surface area (Å²) in [5.41, 5.74) is 4.31. The summed E-state index contributed by atoms with van der Waals surface area (Å²) in [6, 6.07) is 11.3. The Balaban J connectivity index is 1.66. The zero-order chi connectivity index (χ0) is 20.1. The second-order valence-electron chi connectivity index (χ2n) is 6.91. The van der Waals surface area contributed by atoms with Crippen LogP contribution in [0.5, 0.6) is 0 Å². The van der Waals surface area contributed by atoms with E-state index in [-0.39, 0.29) is 17.5 Å². The predicted octanol–water partition coefficient (Wildman–Crippen LogP) is 2.58. The highest BCUT2D eigenvalue weighted by Crippen LogP contribution is 2.24. The van der Waals surface area contributed by atoms with Crippen LogP contribution >= 0.6 is 0 Å². The van der Waals surface area contributed by atoms with Crippen molar-refractivity contribution in [3.63, 3.8) is 0 Å². The second-order valence-corrected chi connectivity index (χ2v) is 6.91. The van der Waals surface area contributed by atoms with Crippen LogP contribution in [0.25, 0.3) is 0 Å². The SMILES string of the molecule is C=CCNC(=O)c1cccc(C(=O)N2CCN(c3cccc(C)c3C)CC2)n1. The lowest BCUT2D eigenvalue weighted by molar-refractivity contribution is 0.0740. The van der Waals surface area contributed by atoms with Crippen LogP contribution in [-0.2, 0) is 0 Å². The van der Waals surface area contributed by atoms with Crippen LogP contribution in [0, 0.1) is 13.8 Å².